The van der Waals surface area contributed by atoms with Crippen molar-refractivity contribution in [2.75, 3.05) is 5.33 Å². The van der Waals surface area contributed by atoms with E-state index in [0.717, 1.165) is 57.6 Å². The summed E-state index contributed by atoms with van der Waals surface area (Å²) in [5.74, 6) is -0.213. The van der Waals surface area contributed by atoms with Crippen molar-refractivity contribution in [3.05, 3.63) is 70.8 Å². The Bertz CT molecular complexity index is 843. The maximum absolute atomic E-state index is 12.3. The van der Waals surface area contributed by atoms with Crippen molar-refractivity contribution in [1.82, 2.24) is 0 Å². The van der Waals surface area contributed by atoms with Crippen LogP contribution in [0, 0.1) is 0 Å². The summed E-state index contributed by atoms with van der Waals surface area (Å²) in [6, 6.07) is 14.4. The highest BCUT2D eigenvalue weighted by atomic mass is 79.9. The Hall–Kier alpha value is -1.87. The van der Waals surface area contributed by atoms with E-state index in [4.69, 9.17) is 4.74 Å². The predicted molar refractivity (Wildman–Crippen MR) is 107 cm³/mol. The van der Waals surface area contributed by atoms with Crippen LogP contribution >= 0.6 is 15.9 Å². The molecule has 0 bridgehead atoms. The SMILES string of the molecule is CCCC/C=C(\CBr)C1=C(C)C(=O)O[C@H]1c1cccc2ccccc12. The van der Waals surface area contributed by atoms with E-state index < -0.39 is 0 Å². The lowest BCUT2D eigenvalue weighted by Gasteiger charge is -2.18. The molecule has 0 aliphatic carbocycles. The molecule has 1 heterocycles. The summed E-state index contributed by atoms with van der Waals surface area (Å²) in [6.07, 6.45) is 5.24. The fourth-order valence-electron chi connectivity index (χ4n) is 3.39. The molecule has 0 spiro atoms. The summed E-state index contributed by atoms with van der Waals surface area (Å²) in [5, 5.41) is 3.02. The number of hydrogen-bond donors (Lipinski definition) is 0. The van der Waals surface area contributed by atoms with Gasteiger partial charge in [-0.25, -0.2) is 4.79 Å². The number of halogens is 1. The lowest BCUT2D eigenvalue weighted by molar-refractivity contribution is -0.139. The molecule has 0 N–H and O–H groups in total. The van der Waals surface area contributed by atoms with E-state index in [0.29, 0.717) is 0 Å². The lowest BCUT2D eigenvalue weighted by atomic mass is 9.90. The highest BCUT2D eigenvalue weighted by molar-refractivity contribution is 9.09. The molecule has 1 aliphatic rings. The van der Waals surface area contributed by atoms with Crippen LogP contribution in [0.25, 0.3) is 10.8 Å². The Labute approximate surface area is 157 Å². The van der Waals surface area contributed by atoms with Crippen molar-refractivity contribution in [3.8, 4) is 0 Å². The summed E-state index contributed by atoms with van der Waals surface area (Å²) in [5.41, 5.74) is 3.96. The van der Waals surface area contributed by atoms with Gasteiger partial charge in [0.25, 0.3) is 0 Å². The number of benzene rings is 2. The fourth-order valence-corrected chi connectivity index (χ4v) is 3.92. The van der Waals surface area contributed by atoms with Crippen LogP contribution in [0.1, 0.15) is 44.8 Å². The number of unbranched alkanes of at least 4 members (excludes halogenated alkanes) is 2. The lowest BCUT2D eigenvalue weighted by Crippen LogP contribution is -2.06. The molecule has 2 aromatic rings. The third-order valence-electron chi connectivity index (χ3n) is 4.74. The monoisotopic (exact) mass is 398 g/mol. The number of allylic oxidation sites excluding steroid dienone is 1. The Morgan fingerprint density at radius 2 is 1.96 bits per heavy atom. The van der Waals surface area contributed by atoms with E-state index in [9.17, 15) is 4.79 Å². The van der Waals surface area contributed by atoms with Crippen LogP contribution in [0.2, 0.25) is 0 Å². The van der Waals surface area contributed by atoms with Crippen molar-refractivity contribution < 1.29 is 9.53 Å². The number of esters is 1. The number of carbonyl (C=O) groups excluding carboxylic acids is 1. The zero-order valence-corrected chi connectivity index (χ0v) is 16.3. The Morgan fingerprint density at radius 1 is 1.20 bits per heavy atom. The van der Waals surface area contributed by atoms with Gasteiger partial charge >= 0.3 is 5.97 Å². The molecule has 2 nitrogen and oxygen atoms in total. The average molecular weight is 399 g/mol. The minimum atomic E-state index is -0.330. The van der Waals surface area contributed by atoms with Gasteiger partial charge in [0.2, 0.25) is 0 Å². The van der Waals surface area contributed by atoms with E-state index in [1.807, 2.05) is 25.1 Å². The number of carbonyl (C=O) groups is 1. The summed E-state index contributed by atoms with van der Waals surface area (Å²) in [6.45, 7) is 4.06. The van der Waals surface area contributed by atoms with E-state index in [1.165, 1.54) is 0 Å². The standard InChI is InChI=1S/C22H23BrO2/c1-3-4-5-10-17(14-23)20-15(2)22(24)25-21(20)19-13-8-11-16-9-6-7-12-18(16)19/h6-13,21H,3-5,14H2,1-2H3/b17-10+/t21-/m0/s1. The van der Waals surface area contributed by atoms with Gasteiger partial charge in [-0.1, -0.05) is 84.2 Å². The summed E-state index contributed by atoms with van der Waals surface area (Å²) in [4.78, 5) is 12.3. The summed E-state index contributed by atoms with van der Waals surface area (Å²) >= 11 is 3.61. The number of rotatable bonds is 6. The molecule has 0 fully saturated rings. The minimum Gasteiger partial charge on any atom is -0.449 e. The Balaban J connectivity index is 2.08. The van der Waals surface area contributed by atoms with Crippen LogP contribution in [0.4, 0.5) is 0 Å². The molecule has 1 aliphatic heterocycles. The molecule has 0 aromatic heterocycles. The van der Waals surface area contributed by atoms with Crippen molar-refractivity contribution in [2.45, 2.75) is 39.2 Å². The highest BCUT2D eigenvalue weighted by Crippen LogP contribution is 2.42. The molecule has 0 saturated carbocycles. The van der Waals surface area contributed by atoms with Gasteiger partial charge in [-0.15, -0.1) is 0 Å². The molecule has 3 rings (SSSR count). The van der Waals surface area contributed by atoms with Gasteiger partial charge in [0, 0.05) is 22.0 Å². The first-order chi connectivity index (χ1) is 12.2. The number of fused-ring (bicyclic) bond motifs is 1. The van der Waals surface area contributed by atoms with E-state index in [-0.39, 0.29) is 12.1 Å². The topological polar surface area (TPSA) is 26.3 Å². The molecule has 25 heavy (non-hydrogen) atoms. The van der Waals surface area contributed by atoms with E-state index >= 15 is 0 Å². The smallest absolute Gasteiger partial charge is 0.335 e. The van der Waals surface area contributed by atoms with Crippen LogP contribution in [0.15, 0.2) is 65.3 Å². The van der Waals surface area contributed by atoms with Gasteiger partial charge in [0.15, 0.2) is 6.10 Å². The molecular weight excluding hydrogens is 376 g/mol. The first-order valence-electron chi connectivity index (χ1n) is 8.82. The molecular formula is C22H23BrO2. The molecule has 0 saturated heterocycles. The number of cyclic esters (lactones) is 1. The van der Waals surface area contributed by atoms with Crippen LogP contribution in [0.3, 0.4) is 0 Å². The largest absolute Gasteiger partial charge is 0.449 e. The van der Waals surface area contributed by atoms with Gasteiger partial charge in [0.05, 0.1) is 0 Å². The van der Waals surface area contributed by atoms with Crippen molar-refractivity contribution in [3.63, 3.8) is 0 Å². The van der Waals surface area contributed by atoms with E-state index in [1.54, 1.807) is 0 Å². The van der Waals surface area contributed by atoms with Crippen molar-refractivity contribution in [2.24, 2.45) is 0 Å². The average Bonchev–Trinajstić information content (AvgIpc) is 2.93. The zero-order chi connectivity index (χ0) is 17.8. The second-order valence-corrected chi connectivity index (χ2v) is 6.96. The summed E-state index contributed by atoms with van der Waals surface area (Å²) in [7, 11) is 0. The third-order valence-corrected chi connectivity index (χ3v) is 5.35. The van der Waals surface area contributed by atoms with Gasteiger partial charge < -0.3 is 4.74 Å². The maximum atomic E-state index is 12.3. The minimum absolute atomic E-state index is 0.213. The molecule has 130 valence electrons. The van der Waals surface area contributed by atoms with Gasteiger partial charge in [-0.05, 0) is 29.7 Å². The van der Waals surface area contributed by atoms with Gasteiger partial charge in [0.1, 0.15) is 0 Å². The predicted octanol–water partition coefficient (Wildman–Crippen LogP) is 6.27. The first kappa shape index (κ1) is 17.9. The Morgan fingerprint density at radius 3 is 2.72 bits per heavy atom. The molecule has 1 atom stereocenters. The van der Waals surface area contributed by atoms with Gasteiger partial charge in [-0.2, -0.15) is 0 Å². The molecule has 0 unspecified atom stereocenters. The van der Waals surface area contributed by atoms with Crippen LogP contribution in [-0.4, -0.2) is 11.3 Å². The quantitative estimate of drug-likeness (QED) is 0.325. The number of ether oxygens (including phenoxy) is 1. The molecule has 0 amide bonds. The van der Waals surface area contributed by atoms with Crippen LogP contribution < -0.4 is 0 Å². The maximum Gasteiger partial charge on any atom is 0.335 e. The zero-order valence-electron chi connectivity index (χ0n) is 14.7. The number of hydrogen-bond acceptors (Lipinski definition) is 2. The third kappa shape index (κ3) is 3.57. The Kier molecular flexibility index (Phi) is 5.74. The molecule has 0 radical (unpaired) electrons. The second kappa shape index (κ2) is 8.01. The molecule has 3 heteroatoms. The number of alkyl halides is 1. The highest BCUT2D eigenvalue weighted by Gasteiger charge is 2.34. The summed E-state index contributed by atoms with van der Waals surface area (Å²) < 4.78 is 5.79. The second-order valence-electron chi connectivity index (χ2n) is 6.40. The normalized spacial score (nSPS) is 18.1. The van der Waals surface area contributed by atoms with Gasteiger partial charge in [-0.3, -0.25) is 0 Å². The molecule has 2 aromatic carbocycles. The van der Waals surface area contributed by atoms with E-state index in [2.05, 4.69) is 53.2 Å². The van der Waals surface area contributed by atoms with Crippen LogP contribution in [0.5, 0.6) is 0 Å². The van der Waals surface area contributed by atoms with Crippen molar-refractivity contribution >= 4 is 32.7 Å². The van der Waals surface area contributed by atoms with Crippen LogP contribution in [-0.2, 0) is 9.53 Å². The fraction of sp³-hybridized carbons (Fsp3) is 0.318. The first-order valence-corrected chi connectivity index (χ1v) is 9.94. The van der Waals surface area contributed by atoms with Crippen molar-refractivity contribution in [1.29, 1.82) is 0 Å².